The van der Waals surface area contributed by atoms with Gasteiger partial charge >= 0.3 is 0 Å². The quantitative estimate of drug-likeness (QED) is 0.424. The van der Waals surface area contributed by atoms with Crippen molar-refractivity contribution in [1.29, 1.82) is 5.26 Å². The number of amides is 1. The highest BCUT2D eigenvalue weighted by molar-refractivity contribution is 5.99. The summed E-state index contributed by atoms with van der Waals surface area (Å²) in [4.78, 5) is 12.6. The summed E-state index contributed by atoms with van der Waals surface area (Å²) in [6.07, 6.45) is 3.72. The number of hydrogen-bond acceptors (Lipinski definition) is 2. The maximum Gasteiger partial charge on any atom is 0.244 e. The molecule has 0 aliphatic rings. The minimum atomic E-state index is -0.354. The third kappa shape index (κ3) is 4.54. The fourth-order valence-corrected chi connectivity index (χ4v) is 3.48. The first kappa shape index (κ1) is 20.1. The van der Waals surface area contributed by atoms with Crippen molar-refractivity contribution in [3.63, 3.8) is 0 Å². The van der Waals surface area contributed by atoms with Gasteiger partial charge in [-0.2, -0.15) is 5.26 Å². The van der Waals surface area contributed by atoms with Crippen molar-refractivity contribution in [3.05, 3.63) is 102 Å². The maximum absolute atomic E-state index is 13.1. The molecule has 1 amide bonds. The molecule has 0 aliphatic carbocycles. The molecule has 3 aromatic carbocycles. The standard InChI is InChI=1S/C26H20FN3O/c1-18-6-8-19(9-7-18)20(15-28)14-21-16-30(25-5-3-2-4-24(21)25)17-26(31)29-23-12-10-22(27)11-13-23/h2-14,16H,17H2,1H3,(H,29,31)/b20-14-. The zero-order chi connectivity index (χ0) is 21.8. The second kappa shape index (κ2) is 8.68. The number of rotatable bonds is 5. The summed E-state index contributed by atoms with van der Waals surface area (Å²) in [5.74, 6) is -0.574. The number of nitriles is 1. The molecule has 5 heteroatoms. The molecule has 1 heterocycles. The van der Waals surface area contributed by atoms with Crippen molar-refractivity contribution >= 4 is 34.1 Å². The Labute approximate surface area is 179 Å². The van der Waals surface area contributed by atoms with Crippen molar-refractivity contribution in [2.45, 2.75) is 13.5 Å². The van der Waals surface area contributed by atoms with E-state index in [2.05, 4.69) is 11.4 Å². The molecule has 4 nitrogen and oxygen atoms in total. The Morgan fingerprint density at radius 3 is 2.48 bits per heavy atom. The fraction of sp³-hybridized carbons (Fsp3) is 0.0769. The number of nitrogens with zero attached hydrogens (tertiary/aromatic N) is 2. The van der Waals surface area contributed by atoms with Gasteiger partial charge in [-0.05, 0) is 48.9 Å². The number of carbonyl (C=O) groups is 1. The van der Waals surface area contributed by atoms with Crippen LogP contribution >= 0.6 is 0 Å². The molecule has 1 aromatic heterocycles. The van der Waals surface area contributed by atoms with Crippen LogP contribution in [0.5, 0.6) is 0 Å². The molecule has 1 N–H and O–H groups in total. The van der Waals surface area contributed by atoms with E-state index in [1.807, 2.05) is 72.3 Å². The van der Waals surface area contributed by atoms with Gasteiger partial charge in [0.15, 0.2) is 0 Å². The molecule has 152 valence electrons. The van der Waals surface area contributed by atoms with E-state index in [1.54, 1.807) is 0 Å². The smallest absolute Gasteiger partial charge is 0.244 e. The Hall–Kier alpha value is -4.17. The summed E-state index contributed by atoms with van der Waals surface area (Å²) < 4.78 is 14.9. The lowest BCUT2D eigenvalue weighted by Gasteiger charge is -2.07. The number of carbonyl (C=O) groups excluding carboxylic acids is 1. The van der Waals surface area contributed by atoms with Gasteiger partial charge in [0.05, 0.1) is 11.6 Å². The summed E-state index contributed by atoms with van der Waals surface area (Å²) in [5, 5.41) is 13.4. The van der Waals surface area contributed by atoms with Gasteiger partial charge in [-0.25, -0.2) is 4.39 Å². The first-order valence-corrected chi connectivity index (χ1v) is 9.85. The third-order valence-electron chi connectivity index (χ3n) is 5.04. The normalized spacial score (nSPS) is 11.3. The van der Waals surface area contributed by atoms with E-state index in [0.717, 1.165) is 27.6 Å². The van der Waals surface area contributed by atoms with Crippen LogP contribution in [0.3, 0.4) is 0 Å². The van der Waals surface area contributed by atoms with Gasteiger partial charge in [-0.15, -0.1) is 0 Å². The average Bonchev–Trinajstić information content (AvgIpc) is 3.11. The zero-order valence-electron chi connectivity index (χ0n) is 17.0. The van der Waals surface area contributed by atoms with Crippen molar-refractivity contribution in [2.75, 3.05) is 5.32 Å². The van der Waals surface area contributed by atoms with Crippen LogP contribution in [0.25, 0.3) is 22.6 Å². The molecule has 0 fully saturated rings. The highest BCUT2D eigenvalue weighted by Crippen LogP contribution is 2.26. The lowest BCUT2D eigenvalue weighted by atomic mass is 10.0. The highest BCUT2D eigenvalue weighted by Gasteiger charge is 2.12. The molecule has 31 heavy (non-hydrogen) atoms. The summed E-state index contributed by atoms with van der Waals surface area (Å²) in [5.41, 5.74) is 4.82. The van der Waals surface area contributed by atoms with Crippen LogP contribution in [0.2, 0.25) is 0 Å². The van der Waals surface area contributed by atoms with Gasteiger partial charge in [0.1, 0.15) is 12.4 Å². The number of anilines is 1. The number of hydrogen-bond donors (Lipinski definition) is 1. The molecule has 0 aliphatic heterocycles. The Bertz CT molecular complexity index is 1310. The van der Waals surface area contributed by atoms with Crippen LogP contribution < -0.4 is 5.32 Å². The monoisotopic (exact) mass is 409 g/mol. The lowest BCUT2D eigenvalue weighted by Crippen LogP contribution is -2.18. The second-order valence-corrected chi connectivity index (χ2v) is 7.32. The van der Waals surface area contributed by atoms with Gasteiger partial charge in [-0.1, -0.05) is 48.0 Å². The molecule has 4 rings (SSSR count). The molecule has 0 atom stereocenters. The SMILES string of the molecule is Cc1ccc(/C(C#N)=C\c2cn(CC(=O)Nc3ccc(F)cc3)c3ccccc23)cc1. The number of nitrogens with one attached hydrogen (secondary N) is 1. The summed E-state index contributed by atoms with van der Waals surface area (Å²) in [7, 11) is 0. The van der Waals surface area contributed by atoms with Gasteiger partial charge in [-0.3, -0.25) is 4.79 Å². The van der Waals surface area contributed by atoms with E-state index in [9.17, 15) is 14.4 Å². The fourth-order valence-electron chi connectivity index (χ4n) is 3.48. The molecule has 0 unspecified atom stereocenters. The number of aromatic nitrogens is 1. The van der Waals surface area contributed by atoms with Gasteiger partial charge in [0, 0.05) is 28.4 Å². The second-order valence-electron chi connectivity index (χ2n) is 7.32. The van der Waals surface area contributed by atoms with E-state index in [0.29, 0.717) is 11.3 Å². The Kier molecular flexibility index (Phi) is 5.63. The van der Waals surface area contributed by atoms with E-state index in [-0.39, 0.29) is 18.3 Å². The minimum Gasteiger partial charge on any atom is -0.337 e. The molecule has 0 saturated carbocycles. The third-order valence-corrected chi connectivity index (χ3v) is 5.04. The number of allylic oxidation sites excluding steroid dienone is 1. The van der Waals surface area contributed by atoms with Crippen molar-refractivity contribution in [1.82, 2.24) is 4.57 Å². The Balaban J connectivity index is 1.65. The topological polar surface area (TPSA) is 57.8 Å². The number of aryl methyl sites for hydroxylation is 1. The van der Waals surface area contributed by atoms with Crippen molar-refractivity contribution < 1.29 is 9.18 Å². The molecule has 0 saturated heterocycles. The average molecular weight is 409 g/mol. The number of fused-ring (bicyclic) bond motifs is 1. The van der Waals surface area contributed by atoms with Crippen LogP contribution in [0, 0.1) is 24.1 Å². The van der Waals surface area contributed by atoms with Crippen LogP contribution in [-0.2, 0) is 11.3 Å². The molecular weight excluding hydrogens is 389 g/mol. The Morgan fingerprint density at radius 2 is 1.77 bits per heavy atom. The van der Waals surface area contributed by atoms with E-state index in [4.69, 9.17) is 0 Å². The predicted molar refractivity (Wildman–Crippen MR) is 122 cm³/mol. The first-order valence-electron chi connectivity index (χ1n) is 9.85. The maximum atomic E-state index is 13.1. The van der Waals surface area contributed by atoms with E-state index < -0.39 is 0 Å². The first-order chi connectivity index (χ1) is 15.0. The predicted octanol–water partition coefficient (Wildman–Crippen LogP) is 5.79. The van der Waals surface area contributed by atoms with Crippen molar-refractivity contribution in [3.8, 4) is 6.07 Å². The summed E-state index contributed by atoms with van der Waals surface area (Å²) in [6, 6.07) is 23.5. The van der Waals surface area contributed by atoms with Gasteiger partial charge in [0.25, 0.3) is 0 Å². The Morgan fingerprint density at radius 1 is 1.06 bits per heavy atom. The van der Waals surface area contributed by atoms with Crippen LogP contribution in [0.1, 0.15) is 16.7 Å². The van der Waals surface area contributed by atoms with Gasteiger partial charge in [0.2, 0.25) is 5.91 Å². The summed E-state index contributed by atoms with van der Waals surface area (Å²) in [6.45, 7) is 2.10. The molecule has 0 spiro atoms. The zero-order valence-corrected chi connectivity index (χ0v) is 17.0. The van der Waals surface area contributed by atoms with E-state index in [1.165, 1.54) is 24.3 Å². The number of benzene rings is 3. The molecular formula is C26H20FN3O. The lowest BCUT2D eigenvalue weighted by molar-refractivity contribution is -0.116. The minimum absolute atomic E-state index is 0.0954. The van der Waals surface area contributed by atoms with Crippen molar-refractivity contribution in [2.24, 2.45) is 0 Å². The largest absolute Gasteiger partial charge is 0.337 e. The van der Waals surface area contributed by atoms with Crippen LogP contribution in [0.4, 0.5) is 10.1 Å². The molecule has 0 bridgehead atoms. The van der Waals surface area contributed by atoms with E-state index >= 15 is 0 Å². The van der Waals surface area contributed by atoms with Crippen LogP contribution in [0.15, 0.2) is 79.0 Å². The van der Waals surface area contributed by atoms with Crippen LogP contribution in [-0.4, -0.2) is 10.5 Å². The molecule has 0 radical (unpaired) electrons. The number of halogens is 1. The number of para-hydroxylation sites is 1. The highest BCUT2D eigenvalue weighted by atomic mass is 19.1. The van der Waals surface area contributed by atoms with Gasteiger partial charge < -0.3 is 9.88 Å². The molecule has 4 aromatic rings. The summed E-state index contributed by atoms with van der Waals surface area (Å²) >= 11 is 0.